The van der Waals surface area contributed by atoms with Gasteiger partial charge >= 0.3 is 0 Å². The molecule has 0 unspecified atom stereocenters. The van der Waals surface area contributed by atoms with Gasteiger partial charge < -0.3 is 5.32 Å². The van der Waals surface area contributed by atoms with Crippen LogP contribution in [0.3, 0.4) is 0 Å². The Balaban J connectivity index is 2.00. The second-order valence-corrected chi connectivity index (χ2v) is 4.57. The highest BCUT2D eigenvalue weighted by Gasteiger charge is 2.08. The van der Waals surface area contributed by atoms with Gasteiger partial charge in [-0.3, -0.25) is 4.79 Å². The molecule has 0 amide bonds. The molecule has 4 nitrogen and oxygen atoms in total. The van der Waals surface area contributed by atoms with Crippen molar-refractivity contribution in [1.82, 2.24) is 9.97 Å². The minimum atomic E-state index is 0.169. The topological polar surface area (TPSA) is 54.9 Å². The Bertz CT molecular complexity index is 587. The summed E-state index contributed by atoms with van der Waals surface area (Å²) < 4.78 is 0. The molecule has 5 heteroatoms. The summed E-state index contributed by atoms with van der Waals surface area (Å²) in [5, 5.41) is 3.28. The molecule has 0 aliphatic carbocycles. The maximum atomic E-state index is 10.9. The number of rotatable bonds is 5. The predicted octanol–water partition coefficient (Wildman–Crippen LogP) is 2.91. The van der Waals surface area contributed by atoms with Crippen molar-refractivity contribution < 1.29 is 4.79 Å². The van der Waals surface area contributed by atoms with E-state index in [4.69, 9.17) is 11.6 Å². The first-order valence-electron chi connectivity index (χ1n) is 5.96. The first-order valence-corrected chi connectivity index (χ1v) is 6.33. The SMILES string of the molecule is Cc1cccc(CCNc2ncnc(Cl)c2C=O)c1. The van der Waals surface area contributed by atoms with Gasteiger partial charge in [0.2, 0.25) is 0 Å². The molecule has 1 aromatic heterocycles. The summed E-state index contributed by atoms with van der Waals surface area (Å²) in [5.74, 6) is 0.475. The minimum Gasteiger partial charge on any atom is -0.369 e. The number of aryl methyl sites for hydroxylation is 1. The first-order chi connectivity index (χ1) is 9.20. The van der Waals surface area contributed by atoms with Crippen LogP contribution in [0.15, 0.2) is 30.6 Å². The van der Waals surface area contributed by atoms with E-state index >= 15 is 0 Å². The van der Waals surface area contributed by atoms with Crippen LogP contribution >= 0.6 is 11.6 Å². The number of halogens is 1. The molecular weight excluding hydrogens is 262 g/mol. The van der Waals surface area contributed by atoms with Crippen LogP contribution in [0.1, 0.15) is 21.5 Å². The largest absolute Gasteiger partial charge is 0.369 e. The molecular formula is C14H14ClN3O. The molecule has 0 aliphatic rings. The molecule has 0 bridgehead atoms. The van der Waals surface area contributed by atoms with Crippen LogP contribution < -0.4 is 5.32 Å². The maximum absolute atomic E-state index is 10.9. The van der Waals surface area contributed by atoms with Gasteiger partial charge in [-0.15, -0.1) is 0 Å². The molecule has 0 saturated carbocycles. The third kappa shape index (κ3) is 3.51. The summed E-state index contributed by atoms with van der Waals surface area (Å²) >= 11 is 5.82. The van der Waals surface area contributed by atoms with Gasteiger partial charge in [0.05, 0.1) is 5.56 Å². The maximum Gasteiger partial charge on any atom is 0.156 e. The highest BCUT2D eigenvalue weighted by Crippen LogP contribution is 2.17. The normalized spacial score (nSPS) is 10.2. The quantitative estimate of drug-likeness (QED) is 0.673. The minimum absolute atomic E-state index is 0.169. The third-order valence-corrected chi connectivity index (χ3v) is 3.04. The summed E-state index contributed by atoms with van der Waals surface area (Å²) in [4.78, 5) is 18.7. The van der Waals surface area contributed by atoms with Gasteiger partial charge in [0.15, 0.2) is 6.29 Å². The van der Waals surface area contributed by atoms with Gasteiger partial charge in [-0.2, -0.15) is 0 Å². The van der Waals surface area contributed by atoms with E-state index < -0.39 is 0 Å². The zero-order valence-corrected chi connectivity index (χ0v) is 11.3. The molecule has 0 spiro atoms. The molecule has 1 aromatic carbocycles. The fourth-order valence-electron chi connectivity index (χ4n) is 1.81. The van der Waals surface area contributed by atoms with Crippen molar-refractivity contribution in [2.45, 2.75) is 13.3 Å². The number of aromatic nitrogens is 2. The van der Waals surface area contributed by atoms with E-state index in [1.54, 1.807) is 0 Å². The standard InChI is InChI=1S/C14H14ClN3O/c1-10-3-2-4-11(7-10)5-6-16-14-12(8-19)13(15)17-9-18-14/h2-4,7-9H,5-6H2,1H3,(H,16,17,18). The summed E-state index contributed by atoms with van der Waals surface area (Å²) in [7, 11) is 0. The first kappa shape index (κ1) is 13.5. The Morgan fingerprint density at radius 1 is 1.37 bits per heavy atom. The van der Waals surface area contributed by atoms with E-state index in [-0.39, 0.29) is 5.15 Å². The monoisotopic (exact) mass is 275 g/mol. The zero-order valence-electron chi connectivity index (χ0n) is 10.6. The van der Waals surface area contributed by atoms with Crippen LogP contribution in [0, 0.1) is 6.92 Å². The molecule has 0 aliphatic heterocycles. The number of carbonyl (C=O) groups is 1. The van der Waals surface area contributed by atoms with Crippen molar-refractivity contribution in [3.05, 3.63) is 52.4 Å². The van der Waals surface area contributed by atoms with E-state index in [1.165, 1.54) is 17.5 Å². The van der Waals surface area contributed by atoms with E-state index in [1.807, 2.05) is 6.07 Å². The van der Waals surface area contributed by atoms with Gasteiger partial charge in [0.1, 0.15) is 17.3 Å². The lowest BCUT2D eigenvalue weighted by Crippen LogP contribution is -2.09. The average Bonchev–Trinajstić information content (AvgIpc) is 2.39. The number of anilines is 1. The molecule has 1 heterocycles. The highest BCUT2D eigenvalue weighted by atomic mass is 35.5. The van der Waals surface area contributed by atoms with Crippen LogP contribution in [-0.4, -0.2) is 22.8 Å². The van der Waals surface area contributed by atoms with Gasteiger partial charge in [0, 0.05) is 6.54 Å². The van der Waals surface area contributed by atoms with Crippen LogP contribution in [0.25, 0.3) is 0 Å². The Hall–Kier alpha value is -1.94. The second kappa shape index (κ2) is 6.29. The van der Waals surface area contributed by atoms with E-state index in [0.717, 1.165) is 6.42 Å². The van der Waals surface area contributed by atoms with Gasteiger partial charge in [-0.05, 0) is 18.9 Å². The molecule has 0 atom stereocenters. The summed E-state index contributed by atoms with van der Waals surface area (Å²) in [6.45, 7) is 2.74. The lowest BCUT2D eigenvalue weighted by molar-refractivity contribution is 0.112. The Morgan fingerprint density at radius 2 is 2.21 bits per heavy atom. The fraction of sp³-hybridized carbons (Fsp3) is 0.214. The van der Waals surface area contributed by atoms with Crippen molar-refractivity contribution in [2.75, 3.05) is 11.9 Å². The number of carbonyl (C=O) groups excluding carboxylic acids is 1. The van der Waals surface area contributed by atoms with Crippen LogP contribution in [-0.2, 0) is 6.42 Å². The molecule has 2 rings (SSSR count). The summed E-state index contributed by atoms with van der Waals surface area (Å²) in [5.41, 5.74) is 2.77. The van der Waals surface area contributed by atoms with Gasteiger partial charge in [0.25, 0.3) is 0 Å². The Labute approximate surface area is 116 Å². The second-order valence-electron chi connectivity index (χ2n) is 4.21. The number of benzene rings is 1. The molecule has 2 aromatic rings. The molecule has 0 radical (unpaired) electrons. The molecule has 98 valence electrons. The summed E-state index contributed by atoms with van der Waals surface area (Å²) in [6, 6.07) is 8.30. The average molecular weight is 276 g/mol. The van der Waals surface area contributed by atoms with Crippen LogP contribution in [0.4, 0.5) is 5.82 Å². The molecule has 0 saturated heterocycles. The van der Waals surface area contributed by atoms with E-state index in [2.05, 4.69) is 40.4 Å². The Kier molecular flexibility index (Phi) is 4.47. The van der Waals surface area contributed by atoms with Gasteiger partial charge in [-0.1, -0.05) is 41.4 Å². The van der Waals surface area contributed by atoms with Gasteiger partial charge in [-0.25, -0.2) is 9.97 Å². The number of hydrogen-bond donors (Lipinski definition) is 1. The smallest absolute Gasteiger partial charge is 0.156 e. The van der Waals surface area contributed by atoms with Crippen molar-refractivity contribution in [3.63, 3.8) is 0 Å². The van der Waals surface area contributed by atoms with Crippen molar-refractivity contribution in [2.24, 2.45) is 0 Å². The summed E-state index contributed by atoms with van der Waals surface area (Å²) in [6.07, 6.45) is 2.85. The number of hydrogen-bond acceptors (Lipinski definition) is 4. The number of nitrogens with one attached hydrogen (secondary N) is 1. The van der Waals surface area contributed by atoms with E-state index in [9.17, 15) is 4.79 Å². The van der Waals surface area contributed by atoms with Crippen LogP contribution in [0.5, 0.6) is 0 Å². The molecule has 1 N–H and O–H groups in total. The van der Waals surface area contributed by atoms with Crippen molar-refractivity contribution in [3.8, 4) is 0 Å². The molecule has 0 fully saturated rings. The highest BCUT2D eigenvalue weighted by molar-refractivity contribution is 6.32. The van der Waals surface area contributed by atoms with E-state index in [0.29, 0.717) is 24.2 Å². The predicted molar refractivity (Wildman–Crippen MR) is 75.8 cm³/mol. The van der Waals surface area contributed by atoms with Crippen LogP contribution in [0.2, 0.25) is 5.15 Å². The lowest BCUT2D eigenvalue weighted by Gasteiger charge is -2.08. The lowest BCUT2D eigenvalue weighted by atomic mass is 10.1. The zero-order chi connectivity index (χ0) is 13.7. The van der Waals surface area contributed by atoms with Crippen molar-refractivity contribution >= 4 is 23.7 Å². The number of aldehydes is 1. The Morgan fingerprint density at radius 3 is 2.95 bits per heavy atom. The molecule has 19 heavy (non-hydrogen) atoms. The van der Waals surface area contributed by atoms with Crippen molar-refractivity contribution in [1.29, 1.82) is 0 Å². The fourth-order valence-corrected chi connectivity index (χ4v) is 1.99. The number of nitrogens with zero attached hydrogens (tertiary/aromatic N) is 2. The third-order valence-electron chi connectivity index (χ3n) is 2.74.